The topological polar surface area (TPSA) is 32.3 Å². The molecule has 0 aromatic heterocycles. The van der Waals surface area contributed by atoms with E-state index in [0.29, 0.717) is 29.1 Å². The SMILES string of the molecule is Cc1cc(C(F)(C(F)(F)F)C(F)(F)F)cc(C)c1N(C)Cc1cccc(NC(=O)c2ccccc2)c1. The molecule has 0 heterocycles. The zero-order valence-corrected chi connectivity index (χ0v) is 19.6. The number of aryl methyl sites for hydroxylation is 2. The Bertz CT molecular complexity index is 1200. The van der Waals surface area contributed by atoms with Crippen molar-refractivity contribution >= 4 is 17.3 Å². The van der Waals surface area contributed by atoms with Gasteiger partial charge in [-0.25, -0.2) is 4.39 Å². The van der Waals surface area contributed by atoms with E-state index in [1.165, 1.54) is 13.8 Å². The molecule has 10 heteroatoms. The minimum absolute atomic E-state index is 0.0524. The molecule has 0 aliphatic rings. The Kier molecular flexibility index (Phi) is 7.38. The summed E-state index contributed by atoms with van der Waals surface area (Å²) in [5.74, 6) is -0.313. The first-order valence-corrected chi connectivity index (χ1v) is 10.8. The molecule has 3 nitrogen and oxygen atoms in total. The van der Waals surface area contributed by atoms with E-state index in [4.69, 9.17) is 0 Å². The second-order valence-electron chi connectivity index (χ2n) is 8.49. The first kappa shape index (κ1) is 27.0. The van der Waals surface area contributed by atoms with Gasteiger partial charge in [0.05, 0.1) is 0 Å². The molecule has 1 N–H and O–H groups in total. The highest BCUT2D eigenvalue weighted by atomic mass is 19.4. The number of alkyl halides is 7. The molecule has 0 aliphatic carbocycles. The number of carbonyl (C=O) groups is 1. The maximum atomic E-state index is 14.6. The predicted octanol–water partition coefficient (Wildman–Crippen LogP) is 7.48. The van der Waals surface area contributed by atoms with E-state index in [2.05, 4.69) is 5.32 Å². The van der Waals surface area contributed by atoms with E-state index in [0.717, 1.165) is 5.56 Å². The number of nitrogens with one attached hydrogen (secondary N) is 1. The molecule has 3 aromatic rings. The predicted molar refractivity (Wildman–Crippen MR) is 124 cm³/mol. The van der Waals surface area contributed by atoms with E-state index in [1.807, 2.05) is 0 Å². The highest BCUT2D eigenvalue weighted by molar-refractivity contribution is 6.04. The van der Waals surface area contributed by atoms with Gasteiger partial charge in [0.1, 0.15) is 0 Å². The molecule has 0 fully saturated rings. The third kappa shape index (κ3) is 5.32. The molecule has 0 unspecified atom stereocenters. The summed E-state index contributed by atoms with van der Waals surface area (Å²) >= 11 is 0. The van der Waals surface area contributed by atoms with Crippen LogP contribution in [-0.2, 0) is 12.2 Å². The van der Waals surface area contributed by atoms with E-state index in [-0.39, 0.29) is 23.6 Å². The number of carbonyl (C=O) groups excluding carboxylic acids is 1. The average molecular weight is 512 g/mol. The molecule has 0 bridgehead atoms. The number of rotatable bonds is 6. The van der Waals surface area contributed by atoms with Crippen LogP contribution in [0, 0.1) is 13.8 Å². The fourth-order valence-corrected chi connectivity index (χ4v) is 4.14. The van der Waals surface area contributed by atoms with Crippen molar-refractivity contribution in [1.82, 2.24) is 0 Å². The zero-order valence-electron chi connectivity index (χ0n) is 19.6. The number of nitrogens with zero attached hydrogens (tertiary/aromatic N) is 1. The molecule has 36 heavy (non-hydrogen) atoms. The van der Waals surface area contributed by atoms with Crippen LogP contribution in [0.2, 0.25) is 0 Å². The van der Waals surface area contributed by atoms with E-state index >= 15 is 0 Å². The maximum Gasteiger partial charge on any atom is 0.435 e. The van der Waals surface area contributed by atoms with Crippen molar-refractivity contribution in [2.24, 2.45) is 0 Å². The first-order valence-electron chi connectivity index (χ1n) is 10.8. The molecular formula is C26H23F7N2O. The van der Waals surface area contributed by atoms with Crippen molar-refractivity contribution < 1.29 is 35.5 Å². The Labute approximate surface area is 203 Å². The Morgan fingerprint density at radius 1 is 0.806 bits per heavy atom. The number of hydrogen-bond donors (Lipinski definition) is 1. The number of amides is 1. The van der Waals surface area contributed by atoms with Crippen LogP contribution in [0.4, 0.5) is 42.1 Å². The van der Waals surface area contributed by atoms with E-state index < -0.39 is 23.6 Å². The Balaban J connectivity index is 1.86. The van der Waals surface area contributed by atoms with Crippen LogP contribution in [0.1, 0.15) is 32.6 Å². The average Bonchev–Trinajstić information content (AvgIpc) is 2.77. The van der Waals surface area contributed by atoms with Gasteiger partial charge >= 0.3 is 18.0 Å². The van der Waals surface area contributed by atoms with Crippen LogP contribution in [0.5, 0.6) is 0 Å². The van der Waals surface area contributed by atoms with Crippen LogP contribution in [0.15, 0.2) is 66.7 Å². The van der Waals surface area contributed by atoms with Gasteiger partial charge in [-0.1, -0.05) is 42.5 Å². The van der Waals surface area contributed by atoms with Gasteiger partial charge in [-0.3, -0.25) is 4.79 Å². The van der Waals surface area contributed by atoms with Gasteiger partial charge in [0.15, 0.2) is 0 Å². The normalized spacial score (nSPS) is 12.4. The van der Waals surface area contributed by atoms with Crippen molar-refractivity contribution in [2.45, 2.75) is 38.4 Å². The lowest BCUT2D eigenvalue weighted by Crippen LogP contribution is -2.50. The summed E-state index contributed by atoms with van der Waals surface area (Å²) < 4.78 is 93.7. The number of anilines is 2. The third-order valence-electron chi connectivity index (χ3n) is 5.69. The Morgan fingerprint density at radius 3 is 1.89 bits per heavy atom. The molecule has 0 aliphatic heterocycles. The molecule has 192 valence electrons. The van der Waals surface area contributed by atoms with Crippen molar-refractivity contribution in [3.8, 4) is 0 Å². The summed E-state index contributed by atoms with van der Waals surface area (Å²) in [6.45, 7) is 2.87. The van der Waals surface area contributed by atoms with Crippen molar-refractivity contribution in [2.75, 3.05) is 17.3 Å². The minimum Gasteiger partial charge on any atom is -0.370 e. The van der Waals surface area contributed by atoms with Gasteiger partial charge in [0.2, 0.25) is 0 Å². The summed E-state index contributed by atoms with van der Waals surface area (Å²) in [6, 6.07) is 16.6. The van der Waals surface area contributed by atoms with Gasteiger partial charge in [-0.2, -0.15) is 26.3 Å². The standard InChI is InChI=1S/C26H23F7N2O/c1-16-12-20(24(27,25(28,29)30)26(31,32)33)13-17(2)22(16)35(3)15-18-8-7-11-21(14-18)34-23(36)19-9-5-4-6-10-19/h4-14H,15H2,1-3H3,(H,34,36). The quantitative estimate of drug-likeness (QED) is 0.347. The first-order chi connectivity index (χ1) is 16.6. The Hall–Kier alpha value is -3.56. The number of hydrogen-bond acceptors (Lipinski definition) is 2. The second-order valence-corrected chi connectivity index (χ2v) is 8.49. The van der Waals surface area contributed by atoms with Gasteiger partial charge in [-0.05, 0) is 54.8 Å². The monoisotopic (exact) mass is 512 g/mol. The molecule has 0 saturated heterocycles. The summed E-state index contributed by atoms with van der Waals surface area (Å²) in [5.41, 5.74) is -4.84. The molecule has 3 aromatic carbocycles. The van der Waals surface area contributed by atoms with Gasteiger partial charge in [0, 0.05) is 36.1 Å². The molecule has 0 spiro atoms. The fourth-order valence-electron chi connectivity index (χ4n) is 4.14. The smallest absolute Gasteiger partial charge is 0.370 e. The van der Waals surface area contributed by atoms with Gasteiger partial charge in [-0.15, -0.1) is 0 Å². The lowest BCUT2D eigenvalue weighted by Gasteiger charge is -2.32. The molecular weight excluding hydrogens is 489 g/mol. The zero-order chi connectivity index (χ0) is 26.9. The van der Waals surface area contributed by atoms with Gasteiger partial charge < -0.3 is 10.2 Å². The number of benzene rings is 3. The minimum atomic E-state index is -6.18. The third-order valence-corrected chi connectivity index (χ3v) is 5.69. The van der Waals surface area contributed by atoms with Crippen LogP contribution in [-0.4, -0.2) is 25.3 Å². The Morgan fingerprint density at radius 2 is 1.36 bits per heavy atom. The highest BCUT2D eigenvalue weighted by Crippen LogP contribution is 2.54. The lowest BCUT2D eigenvalue weighted by molar-refractivity contribution is -0.348. The largest absolute Gasteiger partial charge is 0.435 e. The van der Waals surface area contributed by atoms with Crippen LogP contribution >= 0.6 is 0 Å². The molecule has 0 atom stereocenters. The summed E-state index contributed by atoms with van der Waals surface area (Å²) in [7, 11) is 1.61. The van der Waals surface area contributed by atoms with Crippen LogP contribution < -0.4 is 10.2 Å². The number of halogens is 7. The highest BCUT2D eigenvalue weighted by Gasteiger charge is 2.73. The van der Waals surface area contributed by atoms with Gasteiger partial charge in [0.25, 0.3) is 5.91 Å². The summed E-state index contributed by atoms with van der Waals surface area (Å²) in [5, 5.41) is 2.77. The van der Waals surface area contributed by atoms with Crippen LogP contribution in [0.25, 0.3) is 0 Å². The summed E-state index contributed by atoms with van der Waals surface area (Å²) in [4.78, 5) is 14.0. The molecule has 0 saturated carbocycles. The molecule has 1 amide bonds. The molecule has 0 radical (unpaired) electrons. The van der Waals surface area contributed by atoms with Crippen LogP contribution in [0.3, 0.4) is 0 Å². The summed E-state index contributed by atoms with van der Waals surface area (Å²) in [6.07, 6.45) is -12.4. The second kappa shape index (κ2) is 9.83. The fraction of sp³-hybridized carbons (Fsp3) is 0.269. The maximum absolute atomic E-state index is 14.6. The van der Waals surface area contributed by atoms with Crippen molar-refractivity contribution in [3.05, 3.63) is 94.5 Å². The van der Waals surface area contributed by atoms with Crippen molar-refractivity contribution in [3.63, 3.8) is 0 Å². The molecule has 3 rings (SSSR count). The lowest BCUT2D eigenvalue weighted by atomic mass is 9.90. The van der Waals surface area contributed by atoms with Crippen molar-refractivity contribution in [1.29, 1.82) is 0 Å². The van der Waals surface area contributed by atoms with E-state index in [1.54, 1.807) is 66.5 Å². The van der Waals surface area contributed by atoms with E-state index in [9.17, 15) is 35.5 Å².